The molecule has 3 aromatic carbocycles. The third-order valence-electron chi connectivity index (χ3n) is 7.52. The molecule has 1 aliphatic rings. The summed E-state index contributed by atoms with van der Waals surface area (Å²) in [4.78, 5) is 11.5. The Kier molecular flexibility index (Phi) is 8.46. The van der Waals surface area contributed by atoms with Crippen LogP contribution in [-0.4, -0.2) is 18.2 Å². The lowest BCUT2D eigenvalue weighted by atomic mass is 9.75. The first-order chi connectivity index (χ1) is 18.1. The van der Waals surface area contributed by atoms with E-state index in [-0.39, 0.29) is 35.5 Å². The van der Waals surface area contributed by atoms with Gasteiger partial charge in [0.2, 0.25) is 0 Å². The second kappa shape index (κ2) is 11.6. The van der Waals surface area contributed by atoms with Crippen LogP contribution in [0.5, 0.6) is 5.75 Å². The Balaban J connectivity index is 1.63. The lowest BCUT2D eigenvalue weighted by molar-refractivity contribution is -0.142. The van der Waals surface area contributed by atoms with Crippen LogP contribution in [0.1, 0.15) is 80.2 Å². The highest BCUT2D eigenvalue weighted by Gasteiger charge is 2.37. The van der Waals surface area contributed by atoms with Gasteiger partial charge in [0.25, 0.3) is 6.43 Å². The number of hydrogen-bond donors (Lipinski definition) is 1. The summed E-state index contributed by atoms with van der Waals surface area (Å²) in [6, 6.07) is 16.0. The maximum Gasteiger partial charge on any atom is 0.308 e. The Morgan fingerprint density at radius 2 is 1.84 bits per heavy atom. The van der Waals surface area contributed by atoms with E-state index in [0.717, 1.165) is 42.5 Å². The van der Waals surface area contributed by atoms with E-state index in [4.69, 9.17) is 4.74 Å². The lowest BCUT2D eigenvalue weighted by Gasteiger charge is -2.30. The standard InChI is InChI=1S/C31H33F3O4/c1-31(2)13-5-8-26(31)24-14-19(9-11-23(24)25-16-21(30(33)34)10-12-27(25)32)18-38-22-7-4-6-20(15-22)28(35)17-29(36)37-3/h4,6-7,9-12,14-16,26,28,30,35H,5,8,13,17-18H2,1-3H3/t26-,28-/m1/s1. The van der Waals surface area contributed by atoms with Gasteiger partial charge in [-0.15, -0.1) is 0 Å². The Bertz CT molecular complexity index is 1290. The highest BCUT2D eigenvalue weighted by atomic mass is 19.3. The van der Waals surface area contributed by atoms with Gasteiger partial charge in [-0.1, -0.05) is 56.7 Å². The third-order valence-corrected chi connectivity index (χ3v) is 7.52. The average Bonchev–Trinajstić information content (AvgIpc) is 3.26. The van der Waals surface area contributed by atoms with Crippen molar-refractivity contribution in [1.82, 2.24) is 0 Å². The van der Waals surface area contributed by atoms with Gasteiger partial charge in [-0.2, -0.15) is 0 Å². The number of aliphatic hydroxyl groups excluding tert-OH is 1. The van der Waals surface area contributed by atoms with Gasteiger partial charge < -0.3 is 14.6 Å². The largest absolute Gasteiger partial charge is 0.489 e. The van der Waals surface area contributed by atoms with Crippen LogP contribution in [0.3, 0.4) is 0 Å². The first-order valence-electron chi connectivity index (χ1n) is 12.8. The van der Waals surface area contributed by atoms with Crippen molar-refractivity contribution in [1.29, 1.82) is 0 Å². The van der Waals surface area contributed by atoms with Crippen LogP contribution in [0, 0.1) is 11.2 Å². The molecule has 4 nitrogen and oxygen atoms in total. The fourth-order valence-corrected chi connectivity index (χ4v) is 5.36. The number of hydrogen-bond acceptors (Lipinski definition) is 4. The number of alkyl halides is 2. The minimum absolute atomic E-state index is 0.0187. The molecule has 0 unspecified atom stereocenters. The quantitative estimate of drug-likeness (QED) is 0.288. The van der Waals surface area contributed by atoms with E-state index in [1.165, 1.54) is 13.2 Å². The predicted octanol–water partition coefficient (Wildman–Crippen LogP) is 7.90. The third kappa shape index (κ3) is 6.21. The fraction of sp³-hybridized carbons (Fsp3) is 0.387. The molecule has 2 atom stereocenters. The van der Waals surface area contributed by atoms with Gasteiger partial charge >= 0.3 is 5.97 Å². The molecule has 0 bridgehead atoms. The minimum Gasteiger partial charge on any atom is -0.489 e. The molecule has 1 fully saturated rings. The van der Waals surface area contributed by atoms with E-state index in [1.54, 1.807) is 30.3 Å². The molecule has 0 aromatic heterocycles. The van der Waals surface area contributed by atoms with Crippen LogP contribution < -0.4 is 4.74 Å². The highest BCUT2D eigenvalue weighted by Crippen LogP contribution is 2.51. The molecular weight excluding hydrogens is 493 g/mol. The summed E-state index contributed by atoms with van der Waals surface area (Å²) < 4.78 is 52.4. The van der Waals surface area contributed by atoms with Crippen molar-refractivity contribution in [2.45, 2.75) is 64.6 Å². The summed E-state index contributed by atoms with van der Waals surface area (Å²) in [7, 11) is 1.27. The van der Waals surface area contributed by atoms with Crippen molar-refractivity contribution in [3.8, 4) is 16.9 Å². The molecule has 202 valence electrons. The van der Waals surface area contributed by atoms with E-state index in [9.17, 15) is 23.1 Å². The number of rotatable bonds is 9. The number of benzene rings is 3. The zero-order valence-electron chi connectivity index (χ0n) is 21.8. The van der Waals surface area contributed by atoms with Crippen molar-refractivity contribution >= 4 is 5.97 Å². The number of methoxy groups -OCH3 is 1. The second-order valence-electron chi connectivity index (χ2n) is 10.6. The predicted molar refractivity (Wildman–Crippen MR) is 140 cm³/mol. The second-order valence-corrected chi connectivity index (χ2v) is 10.6. The number of aliphatic hydroxyl groups is 1. The average molecular weight is 527 g/mol. The molecule has 0 saturated heterocycles. The van der Waals surface area contributed by atoms with Crippen molar-refractivity contribution in [2.75, 3.05) is 7.11 Å². The minimum atomic E-state index is -2.68. The van der Waals surface area contributed by atoms with Crippen LogP contribution in [0.25, 0.3) is 11.1 Å². The number of carbonyl (C=O) groups is 1. The molecule has 3 aromatic rings. The maximum atomic E-state index is 14.9. The summed E-state index contributed by atoms with van der Waals surface area (Å²) in [5.41, 5.74) is 2.90. The molecule has 0 amide bonds. The van der Waals surface area contributed by atoms with E-state index in [1.807, 2.05) is 12.1 Å². The van der Waals surface area contributed by atoms with Gasteiger partial charge in [0.15, 0.2) is 0 Å². The first-order valence-corrected chi connectivity index (χ1v) is 12.8. The maximum absolute atomic E-state index is 14.9. The van der Waals surface area contributed by atoms with Crippen LogP contribution >= 0.6 is 0 Å². The molecule has 0 spiro atoms. The SMILES string of the molecule is COC(=O)C[C@@H](O)c1cccc(OCc2ccc(-c3cc(C(F)F)ccc3F)c([C@H]3CCCC3(C)C)c2)c1. The van der Waals surface area contributed by atoms with Crippen molar-refractivity contribution < 1.29 is 32.5 Å². The molecule has 7 heteroatoms. The van der Waals surface area contributed by atoms with Crippen LogP contribution in [-0.2, 0) is 16.1 Å². The van der Waals surface area contributed by atoms with Crippen molar-refractivity contribution in [2.24, 2.45) is 5.41 Å². The molecule has 0 radical (unpaired) electrons. The fourth-order valence-electron chi connectivity index (χ4n) is 5.36. The van der Waals surface area contributed by atoms with Crippen LogP contribution in [0.15, 0.2) is 60.7 Å². The molecule has 0 heterocycles. The summed E-state index contributed by atoms with van der Waals surface area (Å²) in [5, 5.41) is 10.3. The number of esters is 1. The first kappa shape index (κ1) is 27.7. The summed E-state index contributed by atoms with van der Waals surface area (Å²) >= 11 is 0. The van der Waals surface area contributed by atoms with Crippen molar-refractivity contribution in [3.05, 3.63) is 88.7 Å². The van der Waals surface area contributed by atoms with Gasteiger partial charge in [-0.3, -0.25) is 4.79 Å². The van der Waals surface area contributed by atoms with E-state index in [2.05, 4.69) is 18.6 Å². The molecule has 38 heavy (non-hydrogen) atoms. The van der Waals surface area contributed by atoms with E-state index >= 15 is 0 Å². The molecule has 1 aliphatic carbocycles. The zero-order chi connectivity index (χ0) is 27.4. The van der Waals surface area contributed by atoms with Gasteiger partial charge in [-0.25, -0.2) is 13.2 Å². The zero-order valence-corrected chi connectivity index (χ0v) is 21.8. The topological polar surface area (TPSA) is 55.8 Å². The number of carbonyl (C=O) groups excluding carboxylic acids is 1. The smallest absolute Gasteiger partial charge is 0.308 e. The normalized spacial score (nSPS) is 17.4. The number of halogens is 3. The Morgan fingerprint density at radius 3 is 2.53 bits per heavy atom. The highest BCUT2D eigenvalue weighted by molar-refractivity contribution is 5.71. The van der Waals surface area contributed by atoms with Gasteiger partial charge in [-0.05, 0) is 70.7 Å². The van der Waals surface area contributed by atoms with Gasteiger partial charge in [0, 0.05) is 11.1 Å². The summed E-state index contributed by atoms with van der Waals surface area (Å²) in [6.07, 6.45) is -0.863. The summed E-state index contributed by atoms with van der Waals surface area (Å²) in [6.45, 7) is 4.60. The Hall–Kier alpha value is -3.32. The Morgan fingerprint density at radius 1 is 1.05 bits per heavy atom. The Labute approximate surface area is 221 Å². The van der Waals surface area contributed by atoms with E-state index in [0.29, 0.717) is 16.9 Å². The van der Waals surface area contributed by atoms with Crippen LogP contribution in [0.4, 0.5) is 13.2 Å². The summed E-state index contributed by atoms with van der Waals surface area (Å²) in [5.74, 6) is -0.377. The van der Waals surface area contributed by atoms with Gasteiger partial charge in [0.05, 0.1) is 19.6 Å². The molecule has 1 N–H and O–H groups in total. The van der Waals surface area contributed by atoms with Crippen LogP contribution in [0.2, 0.25) is 0 Å². The monoisotopic (exact) mass is 526 g/mol. The molecule has 0 aliphatic heterocycles. The molecular formula is C31H33F3O4. The van der Waals surface area contributed by atoms with Crippen molar-refractivity contribution in [3.63, 3.8) is 0 Å². The van der Waals surface area contributed by atoms with E-state index < -0.39 is 24.3 Å². The van der Waals surface area contributed by atoms with Gasteiger partial charge in [0.1, 0.15) is 18.2 Å². The number of ether oxygens (including phenoxy) is 2. The lowest BCUT2D eigenvalue weighted by Crippen LogP contribution is -2.17. The molecule has 1 saturated carbocycles. The molecule has 4 rings (SSSR count).